The Balaban J connectivity index is 1.84. The summed E-state index contributed by atoms with van der Waals surface area (Å²) in [5, 5.41) is 0. The normalized spacial score (nSPS) is 28.8. The Morgan fingerprint density at radius 2 is 1.90 bits per heavy atom. The highest BCUT2D eigenvalue weighted by molar-refractivity contribution is 5.96. The molecule has 1 heterocycles. The van der Waals surface area contributed by atoms with Gasteiger partial charge in [-0.3, -0.25) is 4.79 Å². The number of carbonyl (C=O) groups is 1. The van der Waals surface area contributed by atoms with Crippen molar-refractivity contribution in [2.75, 3.05) is 13.1 Å². The maximum absolute atomic E-state index is 13.0. The summed E-state index contributed by atoms with van der Waals surface area (Å²) < 4.78 is 39.0. The Hall–Kier alpha value is -1.56. The maximum Gasteiger partial charge on any atom is 0.417 e. The molecule has 3 rings (SSSR count). The van der Waals surface area contributed by atoms with Gasteiger partial charge in [0, 0.05) is 19.1 Å². The van der Waals surface area contributed by atoms with E-state index in [1.165, 1.54) is 23.1 Å². The van der Waals surface area contributed by atoms with E-state index in [0.717, 1.165) is 18.9 Å². The minimum Gasteiger partial charge on any atom is -0.338 e. The van der Waals surface area contributed by atoms with E-state index in [4.69, 9.17) is 5.73 Å². The second kappa shape index (κ2) is 5.02. The van der Waals surface area contributed by atoms with Crippen LogP contribution in [0.1, 0.15) is 28.8 Å². The predicted octanol–water partition coefficient (Wildman–Crippen LogP) is 2.51. The van der Waals surface area contributed by atoms with E-state index in [2.05, 4.69) is 0 Å². The lowest BCUT2D eigenvalue weighted by Crippen LogP contribution is -2.34. The van der Waals surface area contributed by atoms with E-state index in [1.54, 1.807) is 0 Å². The van der Waals surface area contributed by atoms with Crippen molar-refractivity contribution in [3.05, 3.63) is 35.4 Å². The Kier molecular flexibility index (Phi) is 3.43. The number of rotatable bonds is 1. The summed E-state index contributed by atoms with van der Waals surface area (Å²) in [6.45, 7) is 0.986. The molecule has 1 saturated heterocycles. The van der Waals surface area contributed by atoms with Crippen molar-refractivity contribution in [1.82, 2.24) is 4.90 Å². The summed E-state index contributed by atoms with van der Waals surface area (Å²) >= 11 is 0. The van der Waals surface area contributed by atoms with Crippen molar-refractivity contribution in [2.24, 2.45) is 17.6 Å². The van der Waals surface area contributed by atoms with Crippen LogP contribution in [-0.4, -0.2) is 29.9 Å². The highest BCUT2D eigenvalue weighted by Gasteiger charge is 2.44. The topological polar surface area (TPSA) is 46.3 Å². The highest BCUT2D eigenvalue weighted by Crippen LogP contribution is 2.39. The number of benzene rings is 1. The van der Waals surface area contributed by atoms with E-state index >= 15 is 0 Å². The molecule has 1 aliphatic heterocycles. The number of alkyl halides is 3. The summed E-state index contributed by atoms with van der Waals surface area (Å²) in [5.74, 6) is 0.0264. The average molecular weight is 298 g/mol. The van der Waals surface area contributed by atoms with Gasteiger partial charge in [-0.1, -0.05) is 12.1 Å². The molecule has 0 spiro atoms. The SMILES string of the molecule is NC1CCC2CN(C(=O)c3ccccc3C(F)(F)F)CC12. The first-order valence-corrected chi connectivity index (χ1v) is 7.09. The van der Waals surface area contributed by atoms with E-state index < -0.39 is 17.6 Å². The molecule has 2 fully saturated rings. The van der Waals surface area contributed by atoms with Crippen LogP contribution in [-0.2, 0) is 6.18 Å². The van der Waals surface area contributed by atoms with Gasteiger partial charge < -0.3 is 10.6 Å². The van der Waals surface area contributed by atoms with Gasteiger partial charge >= 0.3 is 6.18 Å². The Bertz CT molecular complexity index is 558. The highest BCUT2D eigenvalue weighted by atomic mass is 19.4. The first-order valence-electron chi connectivity index (χ1n) is 7.09. The van der Waals surface area contributed by atoms with Crippen LogP contribution in [0.15, 0.2) is 24.3 Å². The molecular weight excluding hydrogens is 281 g/mol. The minimum atomic E-state index is -4.52. The van der Waals surface area contributed by atoms with Crippen LogP contribution >= 0.6 is 0 Å². The maximum atomic E-state index is 13.0. The molecule has 3 atom stereocenters. The van der Waals surface area contributed by atoms with Crippen molar-refractivity contribution in [3.8, 4) is 0 Å². The molecular formula is C15H17F3N2O. The molecule has 0 radical (unpaired) electrons. The molecule has 0 bridgehead atoms. The molecule has 2 N–H and O–H groups in total. The zero-order chi connectivity index (χ0) is 15.2. The summed E-state index contributed by atoms with van der Waals surface area (Å²) in [6.07, 6.45) is -2.62. The Morgan fingerprint density at radius 3 is 2.57 bits per heavy atom. The fourth-order valence-electron chi connectivity index (χ4n) is 3.56. The van der Waals surface area contributed by atoms with Crippen LogP contribution < -0.4 is 5.73 Å². The van der Waals surface area contributed by atoms with E-state index in [9.17, 15) is 18.0 Å². The molecule has 2 aliphatic rings. The zero-order valence-electron chi connectivity index (χ0n) is 11.4. The van der Waals surface area contributed by atoms with Crippen molar-refractivity contribution in [3.63, 3.8) is 0 Å². The van der Waals surface area contributed by atoms with Gasteiger partial charge in [-0.2, -0.15) is 13.2 Å². The molecule has 21 heavy (non-hydrogen) atoms. The molecule has 0 aromatic heterocycles. The minimum absolute atomic E-state index is 0.0608. The number of amides is 1. The first kappa shape index (κ1) is 14.4. The molecule has 1 saturated carbocycles. The van der Waals surface area contributed by atoms with Crippen molar-refractivity contribution >= 4 is 5.91 Å². The fourth-order valence-corrected chi connectivity index (χ4v) is 3.56. The van der Waals surface area contributed by atoms with Crippen LogP contribution in [0.3, 0.4) is 0 Å². The van der Waals surface area contributed by atoms with Gasteiger partial charge in [0.2, 0.25) is 0 Å². The Labute approximate surface area is 120 Å². The molecule has 1 amide bonds. The van der Waals surface area contributed by atoms with Crippen LogP contribution in [0.2, 0.25) is 0 Å². The lowest BCUT2D eigenvalue weighted by molar-refractivity contribution is -0.138. The van der Waals surface area contributed by atoms with Gasteiger partial charge in [-0.25, -0.2) is 0 Å². The number of carbonyl (C=O) groups excluding carboxylic acids is 1. The average Bonchev–Trinajstić information content (AvgIpc) is 3.00. The lowest BCUT2D eigenvalue weighted by Gasteiger charge is -2.21. The van der Waals surface area contributed by atoms with Gasteiger partial charge in [0.1, 0.15) is 0 Å². The smallest absolute Gasteiger partial charge is 0.338 e. The second-order valence-electron chi connectivity index (χ2n) is 5.92. The van der Waals surface area contributed by atoms with E-state index in [0.29, 0.717) is 19.0 Å². The van der Waals surface area contributed by atoms with Crippen molar-refractivity contribution < 1.29 is 18.0 Å². The monoisotopic (exact) mass is 298 g/mol. The van der Waals surface area contributed by atoms with Crippen molar-refractivity contribution in [1.29, 1.82) is 0 Å². The van der Waals surface area contributed by atoms with Gasteiger partial charge in [0.25, 0.3) is 5.91 Å². The van der Waals surface area contributed by atoms with Crippen molar-refractivity contribution in [2.45, 2.75) is 25.1 Å². The summed E-state index contributed by atoms with van der Waals surface area (Å²) in [5.41, 5.74) is 4.87. The van der Waals surface area contributed by atoms with Crippen LogP contribution in [0.25, 0.3) is 0 Å². The van der Waals surface area contributed by atoms with Gasteiger partial charge in [0.15, 0.2) is 0 Å². The molecule has 114 valence electrons. The number of likely N-dealkylation sites (tertiary alicyclic amines) is 1. The quantitative estimate of drug-likeness (QED) is 0.866. The number of nitrogens with two attached hydrogens (primary N) is 1. The van der Waals surface area contributed by atoms with Gasteiger partial charge in [-0.15, -0.1) is 0 Å². The predicted molar refractivity (Wildman–Crippen MR) is 71.5 cm³/mol. The molecule has 1 aliphatic carbocycles. The third kappa shape index (κ3) is 2.52. The van der Waals surface area contributed by atoms with Crippen LogP contribution in [0, 0.1) is 11.8 Å². The standard InChI is InChI=1S/C15H17F3N2O/c16-15(17,18)12-4-2-1-3-10(12)14(21)20-7-9-5-6-13(19)11(9)8-20/h1-4,9,11,13H,5-8,19H2. The molecule has 1 aromatic carbocycles. The third-order valence-electron chi connectivity index (χ3n) is 4.66. The first-order chi connectivity index (χ1) is 9.88. The molecule has 1 aromatic rings. The van der Waals surface area contributed by atoms with E-state index in [-0.39, 0.29) is 17.5 Å². The van der Waals surface area contributed by atoms with Gasteiger partial charge in [-0.05, 0) is 36.8 Å². The summed E-state index contributed by atoms with van der Waals surface area (Å²) in [6, 6.07) is 5.03. The number of fused-ring (bicyclic) bond motifs is 1. The summed E-state index contributed by atoms with van der Waals surface area (Å²) in [4.78, 5) is 14.0. The van der Waals surface area contributed by atoms with Crippen LogP contribution in [0.5, 0.6) is 0 Å². The van der Waals surface area contributed by atoms with E-state index in [1.807, 2.05) is 0 Å². The third-order valence-corrected chi connectivity index (χ3v) is 4.66. The number of hydrogen-bond acceptors (Lipinski definition) is 2. The van der Waals surface area contributed by atoms with Gasteiger partial charge in [0.05, 0.1) is 11.1 Å². The lowest BCUT2D eigenvalue weighted by atomic mass is 9.98. The number of hydrogen-bond donors (Lipinski definition) is 1. The number of halogens is 3. The second-order valence-corrected chi connectivity index (χ2v) is 5.92. The molecule has 3 unspecified atom stereocenters. The largest absolute Gasteiger partial charge is 0.417 e. The Morgan fingerprint density at radius 1 is 1.19 bits per heavy atom. The van der Waals surface area contributed by atoms with Crippen LogP contribution in [0.4, 0.5) is 13.2 Å². The molecule has 3 nitrogen and oxygen atoms in total. The fraction of sp³-hybridized carbons (Fsp3) is 0.533. The zero-order valence-corrected chi connectivity index (χ0v) is 11.4. The number of nitrogens with zero attached hydrogens (tertiary/aromatic N) is 1. The summed E-state index contributed by atoms with van der Waals surface area (Å²) in [7, 11) is 0. The molecule has 6 heteroatoms.